The minimum absolute atomic E-state index is 0.143. The van der Waals surface area contributed by atoms with Crippen molar-refractivity contribution in [2.75, 3.05) is 4.90 Å². The third kappa shape index (κ3) is 4.10. The topological polar surface area (TPSA) is 3.24 Å². The predicted molar refractivity (Wildman–Crippen MR) is 226 cm³/mol. The number of allylic oxidation sites excluding steroid dienone is 4. The van der Waals surface area contributed by atoms with Crippen LogP contribution in [-0.2, 0) is 10.8 Å². The lowest BCUT2D eigenvalue weighted by Gasteiger charge is -2.46. The second-order valence-electron chi connectivity index (χ2n) is 16.1. The molecule has 0 fully saturated rings. The van der Waals surface area contributed by atoms with E-state index in [4.69, 9.17) is 0 Å². The molecule has 258 valence electrons. The lowest BCUT2D eigenvalue weighted by Crippen LogP contribution is -2.37. The highest BCUT2D eigenvalue weighted by atomic mass is 15.2. The van der Waals surface area contributed by atoms with Gasteiger partial charge in [-0.15, -0.1) is 0 Å². The molecule has 0 bridgehead atoms. The quantitative estimate of drug-likeness (QED) is 0.178. The summed E-state index contributed by atoms with van der Waals surface area (Å²) < 4.78 is 0. The lowest BCUT2D eigenvalue weighted by atomic mass is 9.62. The van der Waals surface area contributed by atoms with Gasteiger partial charge in [-0.2, -0.15) is 0 Å². The highest BCUT2D eigenvalue weighted by Gasteiger charge is 2.54. The van der Waals surface area contributed by atoms with E-state index in [0.29, 0.717) is 5.92 Å². The Morgan fingerprint density at radius 2 is 1.07 bits per heavy atom. The van der Waals surface area contributed by atoms with Crippen molar-refractivity contribution >= 4 is 22.6 Å². The van der Waals surface area contributed by atoms with Crippen LogP contribution in [0.1, 0.15) is 60.6 Å². The third-order valence-electron chi connectivity index (χ3n) is 12.9. The Morgan fingerprint density at radius 3 is 1.76 bits per heavy atom. The number of nitrogens with zero attached hydrogens (tertiary/aromatic N) is 1. The van der Waals surface area contributed by atoms with Crippen LogP contribution in [0.4, 0.5) is 17.1 Å². The molecular formula is C53H41N. The van der Waals surface area contributed by atoms with Crippen molar-refractivity contribution in [1.82, 2.24) is 0 Å². The summed E-state index contributed by atoms with van der Waals surface area (Å²) in [6.45, 7) is 7.24. The fourth-order valence-corrected chi connectivity index (χ4v) is 10.5. The van der Waals surface area contributed by atoms with E-state index in [0.717, 1.165) is 6.42 Å². The average molecular weight is 692 g/mol. The maximum atomic E-state index is 2.52. The first-order chi connectivity index (χ1) is 26.5. The number of para-hydroxylation sites is 3. The van der Waals surface area contributed by atoms with Gasteiger partial charge >= 0.3 is 0 Å². The largest absolute Gasteiger partial charge is 0.310 e. The maximum absolute atomic E-state index is 2.52. The van der Waals surface area contributed by atoms with Gasteiger partial charge in [0.05, 0.1) is 16.8 Å². The molecule has 1 heteroatoms. The van der Waals surface area contributed by atoms with Crippen LogP contribution < -0.4 is 4.90 Å². The van der Waals surface area contributed by atoms with E-state index in [9.17, 15) is 0 Å². The van der Waals surface area contributed by atoms with Gasteiger partial charge in [0.2, 0.25) is 0 Å². The molecule has 0 radical (unpaired) electrons. The molecular weight excluding hydrogens is 651 g/mol. The van der Waals surface area contributed by atoms with Crippen LogP contribution in [0.3, 0.4) is 0 Å². The molecule has 0 amide bonds. The minimum atomic E-state index is -0.479. The smallest absolute Gasteiger partial charge is 0.0757 e. The first-order valence-electron chi connectivity index (χ1n) is 19.4. The zero-order valence-corrected chi connectivity index (χ0v) is 31.0. The van der Waals surface area contributed by atoms with Crippen molar-refractivity contribution < 1.29 is 0 Å². The van der Waals surface area contributed by atoms with Crippen molar-refractivity contribution in [3.05, 3.63) is 215 Å². The lowest BCUT2D eigenvalue weighted by molar-refractivity contribution is 0.661. The Hall–Kier alpha value is -6.18. The summed E-state index contributed by atoms with van der Waals surface area (Å²) in [6.07, 6.45) is 5.94. The molecule has 7 aromatic carbocycles. The molecule has 0 aromatic heterocycles. The van der Waals surface area contributed by atoms with Crippen LogP contribution in [0.2, 0.25) is 0 Å². The van der Waals surface area contributed by atoms with Gasteiger partial charge in [0.1, 0.15) is 0 Å². The Morgan fingerprint density at radius 1 is 0.500 bits per heavy atom. The molecule has 0 saturated carbocycles. The highest BCUT2D eigenvalue weighted by molar-refractivity contribution is 6.00. The van der Waals surface area contributed by atoms with Crippen LogP contribution in [0.5, 0.6) is 0 Å². The number of benzene rings is 7. The molecule has 1 heterocycles. The Labute approximate surface area is 318 Å². The molecule has 11 rings (SSSR count). The predicted octanol–water partition coefficient (Wildman–Crippen LogP) is 13.8. The van der Waals surface area contributed by atoms with Crippen molar-refractivity contribution in [2.24, 2.45) is 5.92 Å². The zero-order valence-electron chi connectivity index (χ0n) is 31.0. The van der Waals surface area contributed by atoms with E-state index in [1.165, 1.54) is 95.0 Å². The summed E-state index contributed by atoms with van der Waals surface area (Å²) >= 11 is 0. The van der Waals surface area contributed by atoms with Crippen molar-refractivity contribution in [3.63, 3.8) is 0 Å². The third-order valence-corrected chi connectivity index (χ3v) is 12.9. The molecule has 1 aliphatic heterocycles. The van der Waals surface area contributed by atoms with Crippen LogP contribution >= 0.6 is 0 Å². The SMILES string of the molecule is CC1CC=CC2=C1c1cccc(-c3ccc4c(c3)C(C)(C)c3cc(-c5ccccc5)ccc3-4)c1C21c2ccccc2N(c2ccccc2)c2ccccc21. The van der Waals surface area contributed by atoms with E-state index >= 15 is 0 Å². The van der Waals surface area contributed by atoms with Gasteiger partial charge in [-0.25, -0.2) is 0 Å². The van der Waals surface area contributed by atoms with Gasteiger partial charge in [0, 0.05) is 11.1 Å². The summed E-state index contributed by atoms with van der Waals surface area (Å²) in [5, 5.41) is 0. The number of hydrogen-bond donors (Lipinski definition) is 0. The van der Waals surface area contributed by atoms with Crippen LogP contribution in [0.25, 0.3) is 39.0 Å². The molecule has 7 aromatic rings. The summed E-state index contributed by atoms with van der Waals surface area (Å²) in [7, 11) is 0. The Balaban J connectivity index is 1.17. The average Bonchev–Trinajstić information content (AvgIpc) is 3.65. The monoisotopic (exact) mass is 691 g/mol. The Bertz CT molecular complexity index is 2680. The summed E-state index contributed by atoms with van der Waals surface area (Å²) in [5.41, 5.74) is 22.1. The second-order valence-corrected chi connectivity index (χ2v) is 16.1. The van der Waals surface area contributed by atoms with E-state index in [1.54, 1.807) is 0 Å². The van der Waals surface area contributed by atoms with Gasteiger partial charge in [-0.1, -0.05) is 160 Å². The fourth-order valence-electron chi connectivity index (χ4n) is 10.5. The molecule has 1 atom stereocenters. The number of rotatable bonds is 3. The van der Waals surface area contributed by atoms with Gasteiger partial charge in [-0.05, 0) is 127 Å². The zero-order chi connectivity index (χ0) is 36.2. The van der Waals surface area contributed by atoms with Gasteiger partial charge in [0.15, 0.2) is 0 Å². The molecule has 1 nitrogen and oxygen atoms in total. The molecule has 0 N–H and O–H groups in total. The first-order valence-corrected chi connectivity index (χ1v) is 19.4. The van der Waals surface area contributed by atoms with E-state index < -0.39 is 5.41 Å². The van der Waals surface area contributed by atoms with E-state index in [1.807, 2.05) is 0 Å². The summed E-state index contributed by atoms with van der Waals surface area (Å²) in [5.74, 6) is 0.414. The molecule has 4 aliphatic rings. The van der Waals surface area contributed by atoms with Crippen molar-refractivity contribution in [3.8, 4) is 33.4 Å². The molecule has 54 heavy (non-hydrogen) atoms. The van der Waals surface area contributed by atoms with Gasteiger partial charge < -0.3 is 4.90 Å². The summed E-state index contributed by atoms with van der Waals surface area (Å²) in [4.78, 5) is 2.48. The van der Waals surface area contributed by atoms with E-state index in [2.05, 4.69) is 202 Å². The van der Waals surface area contributed by atoms with Crippen LogP contribution in [-0.4, -0.2) is 0 Å². The number of anilines is 3. The standard InChI is InChI=1S/C53H41N/c1-34-16-14-25-45-50(34)42-22-15-21-39(37-29-31-41-40-30-28-36(35-17-6-4-7-18-35)32-46(40)52(2,3)47(41)33-37)51(42)53(45)43-23-10-12-26-48(43)54(38-19-8-5-9-20-38)49-27-13-11-24-44(49)53/h4-15,17-34H,16H2,1-3H3. The Kier molecular flexibility index (Phi) is 6.62. The highest BCUT2D eigenvalue weighted by Crippen LogP contribution is 2.66. The minimum Gasteiger partial charge on any atom is -0.310 e. The van der Waals surface area contributed by atoms with Crippen molar-refractivity contribution in [1.29, 1.82) is 0 Å². The fraction of sp³-hybridized carbons (Fsp3) is 0.132. The molecule has 0 saturated heterocycles. The van der Waals surface area contributed by atoms with Crippen LogP contribution in [0.15, 0.2) is 182 Å². The number of hydrogen-bond acceptors (Lipinski definition) is 1. The van der Waals surface area contributed by atoms with Crippen LogP contribution in [0, 0.1) is 5.92 Å². The molecule has 1 unspecified atom stereocenters. The summed E-state index contributed by atoms with van der Waals surface area (Å²) in [6, 6.07) is 61.5. The van der Waals surface area contributed by atoms with Crippen molar-refractivity contribution in [2.45, 2.75) is 38.0 Å². The first kappa shape index (κ1) is 31.4. The van der Waals surface area contributed by atoms with E-state index in [-0.39, 0.29) is 5.41 Å². The molecule has 1 spiro atoms. The molecule has 3 aliphatic carbocycles. The second kappa shape index (κ2) is 11.4. The number of fused-ring (bicyclic) bond motifs is 11. The normalized spacial score (nSPS) is 17.8. The van der Waals surface area contributed by atoms with Gasteiger partial charge in [-0.3, -0.25) is 0 Å². The van der Waals surface area contributed by atoms with Gasteiger partial charge in [0.25, 0.3) is 0 Å². The maximum Gasteiger partial charge on any atom is 0.0757 e.